The fraction of sp³-hybridized carbons (Fsp3) is 0.250. The minimum Gasteiger partial charge on any atom is -0.336 e. The highest BCUT2D eigenvalue weighted by molar-refractivity contribution is 7.18. The maximum absolute atomic E-state index is 12.3. The van der Waals surface area contributed by atoms with Gasteiger partial charge in [-0.2, -0.15) is 0 Å². The van der Waals surface area contributed by atoms with Crippen molar-refractivity contribution in [1.29, 1.82) is 0 Å². The van der Waals surface area contributed by atoms with E-state index in [1.165, 1.54) is 4.90 Å². The van der Waals surface area contributed by atoms with Crippen molar-refractivity contribution in [3.05, 3.63) is 59.1 Å². The molecule has 0 fully saturated rings. The van der Waals surface area contributed by atoms with Crippen molar-refractivity contribution in [2.75, 3.05) is 18.9 Å². The van der Waals surface area contributed by atoms with Crippen LogP contribution in [-0.2, 0) is 16.0 Å². The predicted octanol–water partition coefficient (Wildman–Crippen LogP) is 3.63. The van der Waals surface area contributed by atoms with Crippen LogP contribution in [0, 0.1) is 6.92 Å². The quantitative estimate of drug-likeness (QED) is 0.724. The second kappa shape index (κ2) is 8.10. The molecule has 0 atom stereocenters. The van der Waals surface area contributed by atoms with Gasteiger partial charge in [0, 0.05) is 25.6 Å². The van der Waals surface area contributed by atoms with Gasteiger partial charge in [-0.3, -0.25) is 9.59 Å². The number of anilines is 1. The van der Waals surface area contributed by atoms with Gasteiger partial charge in [0.1, 0.15) is 0 Å². The van der Waals surface area contributed by atoms with Gasteiger partial charge in [-0.25, -0.2) is 4.98 Å². The number of aryl methyl sites for hydroxylation is 2. The molecule has 2 amide bonds. The summed E-state index contributed by atoms with van der Waals surface area (Å²) in [7, 11) is 1.65. The van der Waals surface area contributed by atoms with Gasteiger partial charge in [0.15, 0.2) is 0 Å². The van der Waals surface area contributed by atoms with Crippen LogP contribution in [0.15, 0.2) is 48.5 Å². The number of amides is 2. The minimum absolute atomic E-state index is 0.0343. The van der Waals surface area contributed by atoms with E-state index < -0.39 is 0 Å². The average molecular weight is 367 g/mol. The Hall–Kier alpha value is -2.73. The van der Waals surface area contributed by atoms with Crippen LogP contribution in [0.1, 0.15) is 17.0 Å². The zero-order valence-electron chi connectivity index (χ0n) is 14.9. The van der Waals surface area contributed by atoms with E-state index in [-0.39, 0.29) is 18.4 Å². The zero-order valence-corrected chi connectivity index (χ0v) is 15.7. The molecule has 0 aliphatic carbocycles. The number of benzene rings is 2. The van der Waals surface area contributed by atoms with Crippen LogP contribution in [0.25, 0.3) is 10.2 Å². The number of carbonyl (C=O) groups is 2. The third-order valence-electron chi connectivity index (χ3n) is 4.03. The molecule has 0 unspecified atom stereocenters. The Labute approximate surface area is 156 Å². The maximum atomic E-state index is 12.3. The van der Waals surface area contributed by atoms with Crippen LogP contribution < -0.4 is 5.32 Å². The number of rotatable bonds is 6. The smallest absolute Gasteiger partial charge is 0.243 e. The third kappa shape index (κ3) is 4.67. The van der Waals surface area contributed by atoms with E-state index in [9.17, 15) is 9.59 Å². The van der Waals surface area contributed by atoms with Crippen molar-refractivity contribution in [2.24, 2.45) is 0 Å². The second-order valence-corrected chi connectivity index (χ2v) is 7.35. The first kappa shape index (κ1) is 18.1. The first-order valence-electron chi connectivity index (χ1n) is 8.46. The van der Waals surface area contributed by atoms with Crippen molar-refractivity contribution in [3.63, 3.8) is 0 Å². The SMILES string of the molecule is Cc1ccc(NC(=O)CN(C)C(=O)CCc2nc3ccccc3s2)cc1. The van der Waals surface area contributed by atoms with Gasteiger partial charge in [0.25, 0.3) is 0 Å². The second-order valence-electron chi connectivity index (χ2n) is 6.24. The highest BCUT2D eigenvalue weighted by Gasteiger charge is 2.14. The molecule has 0 aliphatic heterocycles. The lowest BCUT2D eigenvalue weighted by Gasteiger charge is -2.16. The lowest BCUT2D eigenvalue weighted by Crippen LogP contribution is -2.35. The number of nitrogens with zero attached hydrogens (tertiary/aromatic N) is 2. The van der Waals surface area contributed by atoms with Gasteiger partial charge in [-0.1, -0.05) is 29.8 Å². The Morgan fingerprint density at radius 1 is 1.12 bits per heavy atom. The van der Waals surface area contributed by atoms with E-state index in [1.807, 2.05) is 55.5 Å². The molecule has 0 aliphatic rings. The van der Waals surface area contributed by atoms with E-state index in [0.29, 0.717) is 12.8 Å². The molecule has 134 valence electrons. The molecule has 6 heteroatoms. The van der Waals surface area contributed by atoms with E-state index >= 15 is 0 Å². The minimum atomic E-state index is -0.204. The summed E-state index contributed by atoms with van der Waals surface area (Å²) < 4.78 is 1.13. The number of aromatic nitrogens is 1. The Balaban J connectivity index is 1.49. The van der Waals surface area contributed by atoms with Crippen LogP contribution >= 0.6 is 11.3 Å². The molecule has 2 aromatic carbocycles. The van der Waals surface area contributed by atoms with Crippen LogP contribution in [0.4, 0.5) is 5.69 Å². The van der Waals surface area contributed by atoms with Gasteiger partial charge in [-0.15, -0.1) is 11.3 Å². The molecular formula is C20H21N3O2S. The fourth-order valence-corrected chi connectivity index (χ4v) is 3.54. The Bertz CT molecular complexity index is 885. The van der Waals surface area contributed by atoms with Gasteiger partial charge in [0.05, 0.1) is 21.8 Å². The molecule has 0 radical (unpaired) electrons. The van der Waals surface area contributed by atoms with Crippen molar-refractivity contribution in [3.8, 4) is 0 Å². The first-order chi connectivity index (χ1) is 12.5. The van der Waals surface area contributed by atoms with Crippen LogP contribution in [0.3, 0.4) is 0 Å². The lowest BCUT2D eigenvalue weighted by atomic mass is 10.2. The number of fused-ring (bicyclic) bond motifs is 1. The maximum Gasteiger partial charge on any atom is 0.243 e. The average Bonchev–Trinajstić information content (AvgIpc) is 3.04. The van der Waals surface area contributed by atoms with E-state index in [4.69, 9.17) is 0 Å². The molecule has 1 N–H and O–H groups in total. The monoisotopic (exact) mass is 367 g/mol. The summed E-state index contributed by atoms with van der Waals surface area (Å²) >= 11 is 1.61. The molecule has 26 heavy (non-hydrogen) atoms. The Kier molecular flexibility index (Phi) is 5.63. The van der Waals surface area contributed by atoms with Crippen LogP contribution in [0.2, 0.25) is 0 Å². The van der Waals surface area contributed by atoms with Gasteiger partial charge in [-0.05, 0) is 31.2 Å². The number of para-hydroxylation sites is 1. The number of likely N-dealkylation sites (N-methyl/N-ethyl adjacent to an activating group) is 1. The van der Waals surface area contributed by atoms with Crippen molar-refractivity contribution < 1.29 is 9.59 Å². The highest BCUT2D eigenvalue weighted by atomic mass is 32.1. The number of nitrogens with one attached hydrogen (secondary N) is 1. The van der Waals surface area contributed by atoms with Gasteiger partial charge < -0.3 is 10.2 Å². The summed E-state index contributed by atoms with van der Waals surface area (Å²) in [4.78, 5) is 30.4. The summed E-state index contributed by atoms with van der Waals surface area (Å²) in [6, 6.07) is 15.5. The number of thiazole rings is 1. The highest BCUT2D eigenvalue weighted by Crippen LogP contribution is 2.22. The fourth-order valence-electron chi connectivity index (χ4n) is 2.57. The number of carbonyl (C=O) groups excluding carboxylic acids is 2. The number of hydrogen-bond donors (Lipinski definition) is 1. The standard InChI is InChI=1S/C20H21N3O2S/c1-14-7-9-15(10-8-14)21-18(24)13-23(2)20(25)12-11-19-22-16-5-3-4-6-17(16)26-19/h3-10H,11-13H2,1-2H3,(H,21,24). The van der Waals surface area contributed by atoms with E-state index in [2.05, 4.69) is 10.3 Å². The molecule has 0 spiro atoms. The lowest BCUT2D eigenvalue weighted by molar-refractivity contribution is -0.133. The molecule has 5 nitrogen and oxygen atoms in total. The Morgan fingerprint density at radius 2 is 1.85 bits per heavy atom. The van der Waals surface area contributed by atoms with Crippen LogP contribution in [0.5, 0.6) is 0 Å². The molecule has 3 rings (SSSR count). The first-order valence-corrected chi connectivity index (χ1v) is 9.28. The summed E-state index contributed by atoms with van der Waals surface area (Å²) in [6.07, 6.45) is 0.927. The topological polar surface area (TPSA) is 62.3 Å². The molecule has 3 aromatic rings. The molecule has 1 aromatic heterocycles. The summed E-state index contributed by atoms with van der Waals surface area (Å²) in [5.41, 5.74) is 2.83. The van der Waals surface area contributed by atoms with Crippen molar-refractivity contribution in [2.45, 2.75) is 19.8 Å². The Morgan fingerprint density at radius 3 is 2.58 bits per heavy atom. The van der Waals surface area contributed by atoms with Crippen molar-refractivity contribution in [1.82, 2.24) is 9.88 Å². The summed E-state index contributed by atoms with van der Waals surface area (Å²) in [5.74, 6) is -0.270. The van der Waals surface area contributed by atoms with Gasteiger partial charge in [0.2, 0.25) is 11.8 Å². The molecule has 0 bridgehead atoms. The van der Waals surface area contributed by atoms with Crippen molar-refractivity contribution >= 4 is 39.1 Å². The molecular weight excluding hydrogens is 346 g/mol. The molecule has 0 saturated carbocycles. The van der Waals surface area contributed by atoms with E-state index in [0.717, 1.165) is 26.5 Å². The summed E-state index contributed by atoms with van der Waals surface area (Å²) in [6.45, 7) is 2.02. The van der Waals surface area contributed by atoms with Crippen LogP contribution in [-0.4, -0.2) is 35.3 Å². The zero-order chi connectivity index (χ0) is 18.5. The number of hydrogen-bond acceptors (Lipinski definition) is 4. The summed E-state index contributed by atoms with van der Waals surface area (Å²) in [5, 5.41) is 3.75. The largest absolute Gasteiger partial charge is 0.336 e. The molecule has 1 heterocycles. The van der Waals surface area contributed by atoms with Gasteiger partial charge >= 0.3 is 0 Å². The van der Waals surface area contributed by atoms with E-state index in [1.54, 1.807) is 18.4 Å². The third-order valence-corrected chi connectivity index (χ3v) is 5.13. The molecule has 0 saturated heterocycles. The predicted molar refractivity (Wildman–Crippen MR) is 105 cm³/mol. The normalized spacial score (nSPS) is 10.7.